The molecule has 1 saturated heterocycles. The molecule has 0 unspecified atom stereocenters. The minimum absolute atomic E-state index is 0.147. The number of hydrogen-bond acceptors (Lipinski definition) is 5. The molecular formula is C21H23FN6O. The molecule has 0 atom stereocenters. The van der Waals surface area contributed by atoms with Gasteiger partial charge in [-0.1, -0.05) is 23.4 Å². The van der Waals surface area contributed by atoms with E-state index in [-0.39, 0.29) is 24.0 Å². The Balaban J connectivity index is 1.39. The summed E-state index contributed by atoms with van der Waals surface area (Å²) in [5.41, 5.74) is 3.91. The van der Waals surface area contributed by atoms with Gasteiger partial charge in [0.25, 0.3) is 5.91 Å². The maximum Gasteiger partial charge on any atom is 0.276 e. The summed E-state index contributed by atoms with van der Waals surface area (Å²) in [6, 6.07) is 10.7. The molecule has 150 valence electrons. The van der Waals surface area contributed by atoms with Crippen molar-refractivity contribution in [3.8, 4) is 0 Å². The molecule has 0 radical (unpaired) electrons. The average molecular weight is 394 g/mol. The zero-order valence-electron chi connectivity index (χ0n) is 16.5. The number of rotatable bonds is 4. The lowest BCUT2D eigenvalue weighted by molar-refractivity contribution is 0.0740. The second-order valence-corrected chi connectivity index (χ2v) is 7.28. The summed E-state index contributed by atoms with van der Waals surface area (Å²) in [4.78, 5) is 21.3. The van der Waals surface area contributed by atoms with Gasteiger partial charge in [-0.3, -0.25) is 9.78 Å². The first-order valence-corrected chi connectivity index (χ1v) is 9.62. The number of pyridine rings is 1. The smallest absolute Gasteiger partial charge is 0.276 e. The molecule has 2 aromatic heterocycles. The number of nitrogens with zero attached hydrogens (tertiary/aromatic N) is 6. The largest absolute Gasteiger partial charge is 0.368 e. The number of anilines is 1. The molecule has 7 nitrogen and oxygen atoms in total. The first-order chi connectivity index (χ1) is 14.0. The van der Waals surface area contributed by atoms with E-state index in [2.05, 4.69) is 32.3 Å². The zero-order chi connectivity index (χ0) is 20.4. The first-order valence-electron chi connectivity index (χ1n) is 9.62. The Labute approximate surface area is 168 Å². The molecule has 0 aliphatic carbocycles. The maximum atomic E-state index is 13.8. The molecule has 1 amide bonds. The highest BCUT2D eigenvalue weighted by molar-refractivity contribution is 5.92. The van der Waals surface area contributed by atoms with Gasteiger partial charge in [-0.15, -0.1) is 5.10 Å². The summed E-state index contributed by atoms with van der Waals surface area (Å²) in [7, 11) is 0. The molecule has 0 bridgehead atoms. The number of amides is 1. The van der Waals surface area contributed by atoms with E-state index in [1.807, 2.05) is 13.8 Å². The van der Waals surface area contributed by atoms with Gasteiger partial charge in [-0.05, 0) is 32.0 Å². The molecule has 0 N–H and O–H groups in total. The summed E-state index contributed by atoms with van der Waals surface area (Å²) in [5.74, 6) is -0.444. The second-order valence-electron chi connectivity index (χ2n) is 7.28. The summed E-state index contributed by atoms with van der Waals surface area (Å²) >= 11 is 0. The van der Waals surface area contributed by atoms with Crippen molar-refractivity contribution in [2.75, 3.05) is 31.1 Å². The predicted octanol–water partition coefficient (Wildman–Crippen LogP) is 2.44. The number of hydrogen-bond donors (Lipinski definition) is 0. The van der Waals surface area contributed by atoms with E-state index in [0.717, 1.165) is 30.2 Å². The fourth-order valence-electron chi connectivity index (χ4n) is 3.60. The zero-order valence-corrected chi connectivity index (χ0v) is 16.5. The number of carbonyl (C=O) groups excluding carboxylic acids is 1. The molecule has 0 spiro atoms. The molecule has 29 heavy (non-hydrogen) atoms. The highest BCUT2D eigenvalue weighted by atomic mass is 19.1. The Kier molecular flexibility index (Phi) is 5.24. The number of aromatic nitrogens is 4. The maximum absolute atomic E-state index is 13.8. The fourth-order valence-corrected chi connectivity index (χ4v) is 3.60. The van der Waals surface area contributed by atoms with Crippen molar-refractivity contribution in [3.05, 3.63) is 71.1 Å². The minimum Gasteiger partial charge on any atom is -0.368 e. The van der Waals surface area contributed by atoms with Gasteiger partial charge in [0.1, 0.15) is 5.82 Å². The Morgan fingerprint density at radius 2 is 1.76 bits per heavy atom. The van der Waals surface area contributed by atoms with E-state index >= 15 is 0 Å². The molecule has 4 rings (SSSR count). The van der Waals surface area contributed by atoms with E-state index in [9.17, 15) is 9.18 Å². The Morgan fingerprint density at radius 3 is 2.45 bits per heavy atom. The standard InChI is InChI=1S/C21H23FN6O/c1-15-11-18(12-16(2)23-15)26-7-9-27(10-8-26)21(29)20-14-28(25-24-20)13-17-5-3-4-6-19(17)22/h3-6,11-12,14H,7-10,13H2,1-2H3. The molecule has 8 heteroatoms. The number of carbonyl (C=O) groups is 1. The summed E-state index contributed by atoms with van der Waals surface area (Å²) in [6.45, 7) is 6.93. The van der Waals surface area contributed by atoms with Crippen LogP contribution in [0.5, 0.6) is 0 Å². The highest BCUT2D eigenvalue weighted by Crippen LogP contribution is 2.19. The van der Waals surface area contributed by atoms with Crippen LogP contribution in [0.3, 0.4) is 0 Å². The van der Waals surface area contributed by atoms with Crippen molar-refractivity contribution < 1.29 is 9.18 Å². The third-order valence-electron chi connectivity index (χ3n) is 5.05. The third kappa shape index (κ3) is 4.26. The Hall–Kier alpha value is -3.29. The van der Waals surface area contributed by atoms with Crippen molar-refractivity contribution in [3.63, 3.8) is 0 Å². The van der Waals surface area contributed by atoms with Crippen molar-refractivity contribution in [1.29, 1.82) is 0 Å². The van der Waals surface area contributed by atoms with Crippen molar-refractivity contribution in [2.45, 2.75) is 20.4 Å². The molecule has 3 aromatic rings. The van der Waals surface area contributed by atoms with Crippen LogP contribution in [0.15, 0.2) is 42.6 Å². The van der Waals surface area contributed by atoms with E-state index in [1.54, 1.807) is 29.3 Å². The van der Waals surface area contributed by atoms with Crippen LogP contribution < -0.4 is 4.90 Å². The van der Waals surface area contributed by atoms with Crippen molar-refractivity contribution >= 4 is 11.6 Å². The van der Waals surface area contributed by atoms with Crippen LogP contribution in [0.1, 0.15) is 27.4 Å². The van der Waals surface area contributed by atoms with E-state index in [4.69, 9.17) is 0 Å². The van der Waals surface area contributed by atoms with Crippen LogP contribution in [0.25, 0.3) is 0 Å². The van der Waals surface area contributed by atoms with Crippen LogP contribution in [0.4, 0.5) is 10.1 Å². The van der Waals surface area contributed by atoms with Crippen LogP contribution in [0.2, 0.25) is 0 Å². The van der Waals surface area contributed by atoms with Crippen LogP contribution in [-0.2, 0) is 6.54 Å². The quantitative estimate of drug-likeness (QED) is 0.680. The highest BCUT2D eigenvalue weighted by Gasteiger charge is 2.24. The number of halogens is 1. The SMILES string of the molecule is Cc1cc(N2CCN(C(=O)c3cn(Cc4ccccc4F)nn3)CC2)cc(C)n1. The number of piperazine rings is 1. The monoisotopic (exact) mass is 394 g/mol. The van der Waals surface area contributed by atoms with E-state index in [1.165, 1.54) is 10.7 Å². The van der Waals surface area contributed by atoms with E-state index < -0.39 is 0 Å². The topological polar surface area (TPSA) is 67.2 Å². The molecular weight excluding hydrogens is 371 g/mol. The second kappa shape index (κ2) is 7.98. The van der Waals surface area contributed by atoms with Crippen LogP contribution in [0, 0.1) is 19.7 Å². The van der Waals surface area contributed by atoms with Crippen molar-refractivity contribution in [1.82, 2.24) is 24.9 Å². The van der Waals surface area contributed by atoms with Gasteiger partial charge in [0.05, 0.1) is 12.7 Å². The van der Waals surface area contributed by atoms with Crippen molar-refractivity contribution in [2.24, 2.45) is 0 Å². The van der Waals surface area contributed by atoms with Gasteiger partial charge < -0.3 is 9.80 Å². The summed E-state index contributed by atoms with van der Waals surface area (Å²) < 4.78 is 15.3. The fraction of sp³-hybridized carbons (Fsp3) is 0.333. The van der Waals surface area contributed by atoms with Gasteiger partial charge in [-0.2, -0.15) is 0 Å². The van der Waals surface area contributed by atoms with Gasteiger partial charge in [-0.25, -0.2) is 9.07 Å². The van der Waals surface area contributed by atoms with Crippen LogP contribution in [-0.4, -0.2) is 57.0 Å². The Morgan fingerprint density at radius 1 is 1.07 bits per heavy atom. The van der Waals surface area contributed by atoms with Crippen LogP contribution >= 0.6 is 0 Å². The lowest BCUT2D eigenvalue weighted by atomic mass is 10.2. The normalized spacial score (nSPS) is 14.3. The lowest BCUT2D eigenvalue weighted by Gasteiger charge is -2.36. The summed E-state index contributed by atoms with van der Waals surface area (Å²) in [6.07, 6.45) is 1.58. The van der Waals surface area contributed by atoms with Gasteiger partial charge in [0.15, 0.2) is 5.69 Å². The predicted molar refractivity (Wildman–Crippen MR) is 107 cm³/mol. The molecule has 1 aliphatic rings. The number of aryl methyl sites for hydroxylation is 2. The van der Waals surface area contributed by atoms with Gasteiger partial charge >= 0.3 is 0 Å². The average Bonchev–Trinajstić information content (AvgIpc) is 3.17. The van der Waals surface area contributed by atoms with Gasteiger partial charge in [0.2, 0.25) is 0 Å². The first kappa shape index (κ1) is 19.0. The lowest BCUT2D eigenvalue weighted by Crippen LogP contribution is -2.49. The minimum atomic E-state index is -0.298. The molecule has 1 fully saturated rings. The third-order valence-corrected chi connectivity index (χ3v) is 5.05. The molecule has 0 saturated carbocycles. The number of benzene rings is 1. The summed E-state index contributed by atoms with van der Waals surface area (Å²) in [5, 5.41) is 7.98. The molecule has 1 aromatic carbocycles. The van der Waals surface area contributed by atoms with Gasteiger partial charge in [0, 0.05) is 48.8 Å². The Bertz CT molecular complexity index is 1010. The molecule has 3 heterocycles. The van der Waals surface area contributed by atoms with E-state index in [0.29, 0.717) is 18.7 Å². The molecule has 1 aliphatic heterocycles.